The van der Waals surface area contributed by atoms with Gasteiger partial charge in [0.25, 0.3) is 5.91 Å². The Morgan fingerprint density at radius 3 is 3.05 bits per heavy atom. The van der Waals surface area contributed by atoms with Gasteiger partial charge in [0, 0.05) is 36.8 Å². The highest BCUT2D eigenvalue weighted by molar-refractivity contribution is 5.98. The number of nitrogens with one attached hydrogen (secondary N) is 2. The number of carbonyl (C=O) groups excluding carboxylic acids is 2. The van der Waals surface area contributed by atoms with Crippen LogP contribution in [-0.4, -0.2) is 42.9 Å². The quantitative estimate of drug-likeness (QED) is 0.864. The molecule has 0 spiro atoms. The molecular formula is C16H21N3O2. The smallest absolute Gasteiger partial charge is 0.253 e. The number of carbonyl (C=O) groups is 2. The number of fused-ring (bicyclic) bond motifs is 1. The third-order valence-electron chi connectivity index (χ3n) is 4.36. The van der Waals surface area contributed by atoms with E-state index in [-0.39, 0.29) is 11.8 Å². The van der Waals surface area contributed by atoms with E-state index in [9.17, 15) is 9.59 Å². The van der Waals surface area contributed by atoms with Crippen LogP contribution < -0.4 is 10.6 Å². The zero-order valence-electron chi connectivity index (χ0n) is 12.3. The van der Waals surface area contributed by atoms with Crippen molar-refractivity contribution in [2.45, 2.75) is 31.7 Å². The molecule has 1 aromatic carbocycles. The van der Waals surface area contributed by atoms with E-state index in [1.165, 1.54) is 0 Å². The first-order chi connectivity index (χ1) is 10.2. The van der Waals surface area contributed by atoms with E-state index in [1.54, 1.807) is 0 Å². The van der Waals surface area contributed by atoms with E-state index >= 15 is 0 Å². The highest BCUT2D eigenvalue weighted by Crippen LogP contribution is 2.24. The molecule has 1 saturated heterocycles. The predicted octanol–water partition coefficient (Wildman–Crippen LogP) is 1.40. The Kier molecular flexibility index (Phi) is 3.92. The van der Waals surface area contributed by atoms with Gasteiger partial charge in [-0.2, -0.15) is 0 Å². The number of aryl methyl sites for hydroxylation is 1. The van der Waals surface area contributed by atoms with Gasteiger partial charge >= 0.3 is 0 Å². The number of nitrogens with zero attached hydrogens (tertiary/aromatic N) is 1. The summed E-state index contributed by atoms with van der Waals surface area (Å²) in [5, 5.41) is 6.10. The molecule has 0 saturated carbocycles. The lowest BCUT2D eigenvalue weighted by Gasteiger charge is -2.32. The van der Waals surface area contributed by atoms with Gasteiger partial charge in [0.2, 0.25) is 5.91 Å². The lowest BCUT2D eigenvalue weighted by molar-refractivity contribution is -0.116. The van der Waals surface area contributed by atoms with Gasteiger partial charge in [-0.1, -0.05) is 0 Å². The minimum Gasteiger partial charge on any atom is -0.337 e. The van der Waals surface area contributed by atoms with E-state index in [2.05, 4.69) is 10.6 Å². The van der Waals surface area contributed by atoms with Gasteiger partial charge in [-0.05, 0) is 50.1 Å². The Bertz CT molecular complexity index is 571. The number of piperidine rings is 1. The molecule has 5 heteroatoms. The molecule has 1 fully saturated rings. The lowest BCUT2D eigenvalue weighted by Crippen LogP contribution is -2.47. The molecule has 112 valence electrons. The summed E-state index contributed by atoms with van der Waals surface area (Å²) in [6, 6.07) is 5.98. The molecule has 0 radical (unpaired) electrons. The highest BCUT2D eigenvalue weighted by Gasteiger charge is 2.24. The minimum atomic E-state index is 0.0504. The third-order valence-corrected chi connectivity index (χ3v) is 4.36. The number of likely N-dealkylation sites (tertiary alicyclic amines) is 1. The van der Waals surface area contributed by atoms with Gasteiger partial charge in [0.15, 0.2) is 0 Å². The first-order valence-corrected chi connectivity index (χ1v) is 7.56. The second kappa shape index (κ2) is 5.85. The van der Waals surface area contributed by atoms with Crippen molar-refractivity contribution in [1.29, 1.82) is 0 Å². The average Bonchev–Trinajstić information content (AvgIpc) is 2.53. The molecule has 2 aliphatic rings. The molecule has 21 heavy (non-hydrogen) atoms. The molecule has 1 atom stereocenters. The zero-order chi connectivity index (χ0) is 14.8. The summed E-state index contributed by atoms with van der Waals surface area (Å²) in [4.78, 5) is 25.9. The number of likely N-dealkylation sites (N-methyl/N-ethyl adjacent to an activating group) is 1. The molecule has 5 nitrogen and oxygen atoms in total. The number of amides is 2. The Balaban J connectivity index is 1.77. The maximum atomic E-state index is 12.6. The van der Waals surface area contributed by atoms with Crippen LogP contribution >= 0.6 is 0 Å². The fourth-order valence-electron chi connectivity index (χ4n) is 3.10. The van der Waals surface area contributed by atoms with Crippen LogP contribution in [0.15, 0.2) is 18.2 Å². The van der Waals surface area contributed by atoms with Crippen molar-refractivity contribution in [3.63, 3.8) is 0 Å². The molecule has 2 N–H and O–H groups in total. The van der Waals surface area contributed by atoms with Gasteiger partial charge in [-0.25, -0.2) is 0 Å². The molecule has 0 aliphatic carbocycles. The second-order valence-corrected chi connectivity index (χ2v) is 5.80. The normalized spacial score (nSPS) is 21.7. The molecular weight excluding hydrogens is 266 g/mol. The van der Waals surface area contributed by atoms with E-state index in [4.69, 9.17) is 0 Å². The lowest BCUT2D eigenvalue weighted by atomic mass is 9.99. The van der Waals surface area contributed by atoms with Crippen molar-refractivity contribution in [3.8, 4) is 0 Å². The molecule has 2 aliphatic heterocycles. The highest BCUT2D eigenvalue weighted by atomic mass is 16.2. The van der Waals surface area contributed by atoms with Crippen LogP contribution in [0.4, 0.5) is 5.69 Å². The fraction of sp³-hybridized carbons (Fsp3) is 0.500. The van der Waals surface area contributed by atoms with Crippen LogP contribution in [0.25, 0.3) is 0 Å². The van der Waals surface area contributed by atoms with Crippen molar-refractivity contribution in [2.24, 2.45) is 0 Å². The van der Waals surface area contributed by atoms with Crippen LogP contribution in [0.2, 0.25) is 0 Å². The van der Waals surface area contributed by atoms with Gasteiger partial charge < -0.3 is 15.5 Å². The number of hydrogen-bond acceptors (Lipinski definition) is 3. The molecule has 0 aromatic heterocycles. The topological polar surface area (TPSA) is 61.4 Å². The molecule has 2 heterocycles. The maximum Gasteiger partial charge on any atom is 0.253 e. The van der Waals surface area contributed by atoms with E-state index < -0.39 is 0 Å². The van der Waals surface area contributed by atoms with Crippen LogP contribution in [0, 0.1) is 0 Å². The Hall–Kier alpha value is -1.88. The number of hydrogen-bond donors (Lipinski definition) is 2. The van der Waals surface area contributed by atoms with Gasteiger partial charge in [-0.15, -0.1) is 0 Å². The van der Waals surface area contributed by atoms with Gasteiger partial charge in [0.1, 0.15) is 0 Å². The number of anilines is 1. The predicted molar refractivity (Wildman–Crippen MR) is 81.4 cm³/mol. The standard InChI is InChI=1S/C16H21N3O2/c1-17-13-3-2-8-19(10-13)16(21)12-4-6-14-11(9-12)5-7-15(20)18-14/h4,6,9,13,17H,2-3,5,7-8,10H2,1H3,(H,18,20)/t13-/m1/s1. The largest absolute Gasteiger partial charge is 0.337 e. The number of rotatable bonds is 2. The molecule has 0 unspecified atom stereocenters. The van der Waals surface area contributed by atoms with Crippen LogP contribution in [-0.2, 0) is 11.2 Å². The van der Waals surface area contributed by atoms with Crippen molar-refractivity contribution in [3.05, 3.63) is 29.3 Å². The summed E-state index contributed by atoms with van der Waals surface area (Å²) in [5.41, 5.74) is 2.62. The summed E-state index contributed by atoms with van der Waals surface area (Å²) < 4.78 is 0. The van der Waals surface area contributed by atoms with Gasteiger partial charge in [-0.3, -0.25) is 9.59 Å². The Morgan fingerprint density at radius 1 is 1.38 bits per heavy atom. The minimum absolute atomic E-state index is 0.0504. The molecule has 3 rings (SSSR count). The average molecular weight is 287 g/mol. The summed E-state index contributed by atoms with van der Waals surface area (Å²) in [6.45, 7) is 1.59. The van der Waals surface area contributed by atoms with E-state index in [1.807, 2.05) is 30.1 Å². The van der Waals surface area contributed by atoms with E-state index in [0.717, 1.165) is 42.7 Å². The zero-order valence-corrected chi connectivity index (χ0v) is 12.3. The van der Waals surface area contributed by atoms with Crippen molar-refractivity contribution < 1.29 is 9.59 Å². The van der Waals surface area contributed by atoms with Gasteiger partial charge in [0.05, 0.1) is 0 Å². The summed E-state index contributed by atoms with van der Waals surface area (Å²) in [5.74, 6) is 0.143. The van der Waals surface area contributed by atoms with Crippen LogP contribution in [0.3, 0.4) is 0 Å². The van der Waals surface area contributed by atoms with Crippen molar-refractivity contribution in [1.82, 2.24) is 10.2 Å². The van der Waals surface area contributed by atoms with Crippen LogP contribution in [0.5, 0.6) is 0 Å². The van der Waals surface area contributed by atoms with Crippen molar-refractivity contribution in [2.75, 3.05) is 25.5 Å². The SMILES string of the molecule is CN[C@@H]1CCCN(C(=O)c2ccc3c(c2)CCC(=O)N3)C1. The summed E-state index contributed by atoms with van der Waals surface area (Å²) in [6.07, 6.45) is 3.37. The van der Waals surface area contributed by atoms with E-state index in [0.29, 0.717) is 18.9 Å². The van der Waals surface area contributed by atoms with Crippen LogP contribution in [0.1, 0.15) is 35.2 Å². The molecule has 1 aromatic rings. The first kappa shape index (κ1) is 14.1. The van der Waals surface area contributed by atoms with Crippen molar-refractivity contribution >= 4 is 17.5 Å². The second-order valence-electron chi connectivity index (χ2n) is 5.80. The molecule has 0 bridgehead atoms. The maximum absolute atomic E-state index is 12.6. The summed E-state index contributed by atoms with van der Waals surface area (Å²) >= 11 is 0. The Morgan fingerprint density at radius 2 is 2.24 bits per heavy atom. The fourth-order valence-corrected chi connectivity index (χ4v) is 3.10. The monoisotopic (exact) mass is 287 g/mol. The molecule has 2 amide bonds. The number of benzene rings is 1. The third kappa shape index (κ3) is 2.93. The Labute approximate surface area is 124 Å². The first-order valence-electron chi connectivity index (χ1n) is 7.56. The summed E-state index contributed by atoms with van der Waals surface area (Å²) in [7, 11) is 1.94.